The van der Waals surface area contributed by atoms with Gasteiger partial charge >= 0.3 is 0 Å². The van der Waals surface area contributed by atoms with Crippen LogP contribution in [-0.2, 0) is 0 Å². The van der Waals surface area contributed by atoms with Crippen LogP contribution < -0.4 is 0 Å². The quantitative estimate of drug-likeness (QED) is 0.545. The molecule has 12 heavy (non-hydrogen) atoms. The minimum absolute atomic E-state index is 1.19. The van der Waals surface area contributed by atoms with Gasteiger partial charge in [-0.15, -0.1) is 5.73 Å². The predicted molar refractivity (Wildman–Crippen MR) is 51.7 cm³/mol. The van der Waals surface area contributed by atoms with Crippen LogP contribution in [0.15, 0.2) is 53.8 Å². The molecule has 0 amide bonds. The molecule has 58 valence electrons. The van der Waals surface area contributed by atoms with Gasteiger partial charge in [0.1, 0.15) is 0 Å². The fourth-order valence-corrected chi connectivity index (χ4v) is 1.29. The van der Waals surface area contributed by atoms with Crippen molar-refractivity contribution in [2.24, 2.45) is 0 Å². The monoisotopic (exact) mass is 154 g/mol. The van der Waals surface area contributed by atoms with E-state index < -0.39 is 0 Å². The van der Waals surface area contributed by atoms with Gasteiger partial charge in [-0.2, -0.15) is 0 Å². The molecule has 0 unspecified atom stereocenters. The highest BCUT2D eigenvalue weighted by Gasteiger charge is 1.99. The summed E-state index contributed by atoms with van der Waals surface area (Å²) in [5.74, 6) is 0. The molecule has 2 rings (SSSR count). The maximum absolute atomic E-state index is 3.29. The Morgan fingerprint density at radius 3 is 2.33 bits per heavy atom. The average Bonchev–Trinajstić information content (AvgIpc) is 2.54. The molecule has 0 aromatic heterocycles. The molecule has 0 heterocycles. The van der Waals surface area contributed by atoms with Crippen LogP contribution in [0.3, 0.4) is 0 Å². The molecule has 0 atom stereocenters. The molecule has 0 saturated heterocycles. The summed E-state index contributed by atoms with van der Waals surface area (Å²) >= 11 is 0. The van der Waals surface area contributed by atoms with Crippen molar-refractivity contribution in [2.75, 3.05) is 0 Å². The first-order valence-electron chi connectivity index (χ1n) is 4.07. The van der Waals surface area contributed by atoms with E-state index in [4.69, 9.17) is 0 Å². The van der Waals surface area contributed by atoms with Gasteiger partial charge in [0.05, 0.1) is 0 Å². The van der Waals surface area contributed by atoms with Crippen LogP contribution in [0.25, 0.3) is 5.57 Å². The highest BCUT2D eigenvalue weighted by Crippen LogP contribution is 2.19. The summed E-state index contributed by atoms with van der Waals surface area (Å²) in [5.41, 5.74) is 6.92. The van der Waals surface area contributed by atoms with Gasteiger partial charge in [-0.3, -0.25) is 0 Å². The van der Waals surface area contributed by atoms with Crippen LogP contribution in [0.4, 0.5) is 0 Å². The van der Waals surface area contributed by atoms with E-state index in [9.17, 15) is 0 Å². The second-order valence-corrected chi connectivity index (χ2v) is 2.92. The fourth-order valence-electron chi connectivity index (χ4n) is 1.29. The molecule has 0 N–H and O–H groups in total. The molecular weight excluding hydrogens is 144 g/mol. The zero-order valence-electron chi connectivity index (χ0n) is 7.04. The van der Waals surface area contributed by atoms with E-state index in [0.29, 0.717) is 0 Å². The van der Waals surface area contributed by atoms with Crippen LogP contribution in [0, 0.1) is 0 Å². The topological polar surface area (TPSA) is 0 Å². The van der Waals surface area contributed by atoms with Gasteiger partial charge in [-0.1, -0.05) is 36.4 Å². The van der Waals surface area contributed by atoms with Crippen molar-refractivity contribution in [3.8, 4) is 0 Å². The van der Waals surface area contributed by atoms with Crippen LogP contribution in [0.2, 0.25) is 0 Å². The summed E-state index contributed by atoms with van der Waals surface area (Å²) in [6.07, 6.45) is 4.19. The fraction of sp³-hybridized carbons (Fsp3) is 0.0833. The van der Waals surface area contributed by atoms with Gasteiger partial charge < -0.3 is 0 Å². The standard InChI is InChI=1S/C12H10/c1-10-7-8-12(9-10)11-5-3-2-4-6-11/h2-8H,1H3. The first-order valence-corrected chi connectivity index (χ1v) is 4.07. The maximum Gasteiger partial charge on any atom is 0.0240 e. The third kappa shape index (κ3) is 1.25. The van der Waals surface area contributed by atoms with Crippen molar-refractivity contribution in [1.82, 2.24) is 0 Å². The Bertz CT molecular complexity index is 374. The van der Waals surface area contributed by atoms with E-state index in [-0.39, 0.29) is 0 Å². The Hall–Kier alpha value is -1.52. The lowest BCUT2D eigenvalue weighted by atomic mass is 10.1. The minimum atomic E-state index is 1.19. The summed E-state index contributed by atoms with van der Waals surface area (Å²) in [6, 6.07) is 10.3. The van der Waals surface area contributed by atoms with Crippen molar-refractivity contribution < 1.29 is 0 Å². The third-order valence-corrected chi connectivity index (χ3v) is 1.92. The smallest absolute Gasteiger partial charge is 0.0240 e. The van der Waals surface area contributed by atoms with Crippen molar-refractivity contribution >= 4 is 5.57 Å². The second kappa shape index (κ2) is 2.84. The Morgan fingerprint density at radius 2 is 1.75 bits per heavy atom. The van der Waals surface area contributed by atoms with Crippen LogP contribution in [-0.4, -0.2) is 0 Å². The van der Waals surface area contributed by atoms with Crippen LogP contribution >= 0.6 is 0 Å². The third-order valence-electron chi connectivity index (χ3n) is 1.92. The molecule has 1 aliphatic carbocycles. The molecule has 1 aromatic rings. The van der Waals surface area contributed by atoms with Crippen molar-refractivity contribution in [3.63, 3.8) is 0 Å². The summed E-state index contributed by atoms with van der Waals surface area (Å²) < 4.78 is 0. The van der Waals surface area contributed by atoms with E-state index in [2.05, 4.69) is 36.9 Å². The van der Waals surface area contributed by atoms with Crippen molar-refractivity contribution in [2.45, 2.75) is 6.92 Å². The van der Waals surface area contributed by atoms with E-state index in [1.807, 2.05) is 18.2 Å². The Kier molecular flexibility index (Phi) is 1.69. The zero-order valence-corrected chi connectivity index (χ0v) is 7.04. The molecule has 0 nitrogen and oxygen atoms in total. The highest BCUT2D eigenvalue weighted by molar-refractivity contribution is 5.77. The molecule has 0 radical (unpaired) electrons. The van der Waals surface area contributed by atoms with Gasteiger partial charge in [0, 0.05) is 5.57 Å². The largest absolute Gasteiger partial charge is 0.109 e. The zero-order chi connectivity index (χ0) is 8.39. The van der Waals surface area contributed by atoms with E-state index in [1.54, 1.807) is 0 Å². The lowest BCUT2D eigenvalue weighted by molar-refractivity contribution is 1.58. The van der Waals surface area contributed by atoms with Crippen molar-refractivity contribution in [1.29, 1.82) is 0 Å². The number of allylic oxidation sites excluding steroid dienone is 3. The van der Waals surface area contributed by atoms with Gasteiger partial charge in [0.25, 0.3) is 0 Å². The SMILES string of the molecule is CC1=C=C(c2ccccc2)C=C1. The number of rotatable bonds is 1. The van der Waals surface area contributed by atoms with E-state index in [1.165, 1.54) is 16.7 Å². The van der Waals surface area contributed by atoms with E-state index in [0.717, 1.165) is 0 Å². The molecule has 0 aliphatic heterocycles. The summed E-state index contributed by atoms with van der Waals surface area (Å²) in [5, 5.41) is 0. The number of hydrogen-bond acceptors (Lipinski definition) is 0. The van der Waals surface area contributed by atoms with Gasteiger partial charge in [0.15, 0.2) is 0 Å². The van der Waals surface area contributed by atoms with Gasteiger partial charge in [0.2, 0.25) is 0 Å². The highest BCUT2D eigenvalue weighted by atomic mass is 14.0. The molecular formula is C12H10. The molecule has 0 bridgehead atoms. The number of hydrogen-bond donors (Lipinski definition) is 0. The van der Waals surface area contributed by atoms with Gasteiger partial charge in [-0.25, -0.2) is 0 Å². The molecule has 1 aromatic carbocycles. The number of benzene rings is 1. The molecule has 0 heteroatoms. The first kappa shape index (κ1) is 7.15. The Balaban J connectivity index is 2.47. The minimum Gasteiger partial charge on any atom is -0.109 e. The summed E-state index contributed by atoms with van der Waals surface area (Å²) in [4.78, 5) is 0. The van der Waals surface area contributed by atoms with E-state index >= 15 is 0 Å². The van der Waals surface area contributed by atoms with Crippen LogP contribution in [0.1, 0.15) is 12.5 Å². The van der Waals surface area contributed by atoms with Gasteiger partial charge in [-0.05, 0) is 24.1 Å². The molecule has 0 spiro atoms. The molecule has 0 fully saturated rings. The van der Waals surface area contributed by atoms with Crippen LogP contribution in [0.5, 0.6) is 0 Å². The van der Waals surface area contributed by atoms with Crippen molar-refractivity contribution in [3.05, 3.63) is 59.4 Å². The summed E-state index contributed by atoms with van der Waals surface area (Å²) in [6.45, 7) is 2.06. The Morgan fingerprint density at radius 1 is 1.00 bits per heavy atom. The predicted octanol–water partition coefficient (Wildman–Crippen LogP) is 3.19. The molecule has 0 saturated carbocycles. The maximum atomic E-state index is 3.29. The average molecular weight is 154 g/mol. The normalized spacial score (nSPS) is 14.4. The first-order chi connectivity index (χ1) is 5.86. The summed E-state index contributed by atoms with van der Waals surface area (Å²) in [7, 11) is 0. The lowest BCUT2D eigenvalue weighted by Gasteiger charge is -1.94. The lowest BCUT2D eigenvalue weighted by Crippen LogP contribution is -1.74. The molecule has 1 aliphatic rings. The Labute approximate surface area is 72.5 Å². The second-order valence-electron chi connectivity index (χ2n) is 2.92.